The quantitative estimate of drug-likeness (QED) is 0.517. The van der Waals surface area contributed by atoms with E-state index in [0.29, 0.717) is 18.7 Å². The minimum absolute atomic E-state index is 0.302. The van der Waals surface area contributed by atoms with E-state index in [2.05, 4.69) is 10.3 Å². The third-order valence-corrected chi connectivity index (χ3v) is 3.06. The zero-order chi connectivity index (χ0) is 15.8. The molecule has 2 aromatic carbocycles. The molecule has 0 fully saturated rings. The van der Waals surface area contributed by atoms with Gasteiger partial charge < -0.3 is 10.1 Å². The van der Waals surface area contributed by atoms with E-state index in [0.717, 1.165) is 11.5 Å². The SMILES string of the molecule is CCOC(=O)c1ccc(NC(C)=NCc2ccccc2)cc1. The summed E-state index contributed by atoms with van der Waals surface area (Å²) in [5.41, 5.74) is 2.61. The first-order valence-corrected chi connectivity index (χ1v) is 7.28. The summed E-state index contributed by atoms with van der Waals surface area (Å²) in [5, 5.41) is 3.21. The lowest BCUT2D eigenvalue weighted by Crippen LogP contribution is -2.08. The number of carbonyl (C=O) groups is 1. The molecule has 4 nitrogen and oxygen atoms in total. The summed E-state index contributed by atoms with van der Waals surface area (Å²) in [4.78, 5) is 16.1. The Bertz CT molecular complexity index is 634. The minimum atomic E-state index is -0.302. The second-order valence-electron chi connectivity index (χ2n) is 4.81. The molecule has 22 heavy (non-hydrogen) atoms. The Balaban J connectivity index is 1.94. The lowest BCUT2D eigenvalue weighted by molar-refractivity contribution is 0.0526. The molecule has 0 spiro atoms. The summed E-state index contributed by atoms with van der Waals surface area (Å²) in [7, 11) is 0. The van der Waals surface area contributed by atoms with Crippen molar-refractivity contribution in [1.29, 1.82) is 0 Å². The highest BCUT2D eigenvalue weighted by molar-refractivity contribution is 5.94. The topological polar surface area (TPSA) is 50.7 Å². The van der Waals surface area contributed by atoms with Crippen LogP contribution in [0.5, 0.6) is 0 Å². The van der Waals surface area contributed by atoms with Gasteiger partial charge in [0.25, 0.3) is 0 Å². The molecule has 0 saturated heterocycles. The lowest BCUT2D eigenvalue weighted by atomic mass is 10.2. The molecular weight excluding hydrogens is 276 g/mol. The molecule has 2 aromatic rings. The average molecular weight is 296 g/mol. The molecule has 1 N–H and O–H groups in total. The number of amidine groups is 1. The van der Waals surface area contributed by atoms with Crippen LogP contribution in [-0.4, -0.2) is 18.4 Å². The maximum Gasteiger partial charge on any atom is 0.338 e. The highest BCUT2D eigenvalue weighted by atomic mass is 16.5. The zero-order valence-electron chi connectivity index (χ0n) is 12.9. The first-order chi connectivity index (χ1) is 10.7. The Morgan fingerprint density at radius 2 is 1.77 bits per heavy atom. The van der Waals surface area contributed by atoms with Crippen molar-refractivity contribution in [3.8, 4) is 0 Å². The summed E-state index contributed by atoms with van der Waals surface area (Å²) in [6.45, 7) is 4.73. The standard InChI is InChI=1S/C18H20N2O2/c1-3-22-18(21)16-9-11-17(12-10-16)20-14(2)19-13-15-7-5-4-6-8-15/h4-12H,3,13H2,1-2H3,(H,19,20). The molecule has 0 aromatic heterocycles. The van der Waals surface area contributed by atoms with E-state index >= 15 is 0 Å². The van der Waals surface area contributed by atoms with E-state index in [9.17, 15) is 4.79 Å². The monoisotopic (exact) mass is 296 g/mol. The Kier molecular flexibility index (Phi) is 5.72. The van der Waals surface area contributed by atoms with Gasteiger partial charge in [-0.1, -0.05) is 30.3 Å². The van der Waals surface area contributed by atoms with Crippen LogP contribution in [0.25, 0.3) is 0 Å². The number of nitrogens with one attached hydrogen (secondary N) is 1. The van der Waals surface area contributed by atoms with Crippen molar-refractivity contribution in [3.05, 3.63) is 65.7 Å². The van der Waals surface area contributed by atoms with E-state index in [1.54, 1.807) is 19.1 Å². The molecule has 0 bridgehead atoms. The predicted molar refractivity (Wildman–Crippen MR) is 89.3 cm³/mol. The number of benzene rings is 2. The van der Waals surface area contributed by atoms with E-state index < -0.39 is 0 Å². The maximum absolute atomic E-state index is 11.6. The Hall–Kier alpha value is -2.62. The van der Waals surface area contributed by atoms with Crippen LogP contribution in [0.2, 0.25) is 0 Å². The summed E-state index contributed by atoms with van der Waals surface area (Å²) < 4.78 is 4.95. The van der Waals surface area contributed by atoms with Crippen LogP contribution in [0.4, 0.5) is 5.69 Å². The van der Waals surface area contributed by atoms with Gasteiger partial charge in [-0.3, -0.25) is 4.99 Å². The fraction of sp³-hybridized carbons (Fsp3) is 0.222. The third-order valence-electron chi connectivity index (χ3n) is 3.06. The molecule has 2 rings (SSSR count). The molecule has 0 radical (unpaired) electrons. The Labute approximate surface area is 130 Å². The lowest BCUT2D eigenvalue weighted by Gasteiger charge is -2.07. The highest BCUT2D eigenvalue weighted by Crippen LogP contribution is 2.11. The first-order valence-electron chi connectivity index (χ1n) is 7.28. The number of anilines is 1. The van der Waals surface area contributed by atoms with Crippen LogP contribution >= 0.6 is 0 Å². The van der Waals surface area contributed by atoms with Crippen molar-refractivity contribution in [2.45, 2.75) is 20.4 Å². The van der Waals surface area contributed by atoms with Gasteiger partial charge in [0.1, 0.15) is 0 Å². The average Bonchev–Trinajstić information content (AvgIpc) is 2.55. The Morgan fingerprint density at radius 1 is 1.09 bits per heavy atom. The highest BCUT2D eigenvalue weighted by Gasteiger charge is 2.05. The minimum Gasteiger partial charge on any atom is -0.462 e. The van der Waals surface area contributed by atoms with Gasteiger partial charge in [0.2, 0.25) is 0 Å². The number of hydrogen-bond donors (Lipinski definition) is 1. The summed E-state index contributed by atoms with van der Waals surface area (Å²) in [5.74, 6) is 0.524. The zero-order valence-corrected chi connectivity index (χ0v) is 12.9. The van der Waals surface area contributed by atoms with Crippen LogP contribution in [0, 0.1) is 0 Å². The van der Waals surface area contributed by atoms with E-state index in [4.69, 9.17) is 4.74 Å². The van der Waals surface area contributed by atoms with Crippen LogP contribution in [0.3, 0.4) is 0 Å². The van der Waals surface area contributed by atoms with E-state index in [-0.39, 0.29) is 5.97 Å². The van der Waals surface area contributed by atoms with Crippen LogP contribution in [-0.2, 0) is 11.3 Å². The molecule has 0 atom stereocenters. The molecule has 0 amide bonds. The van der Waals surface area contributed by atoms with Crippen molar-refractivity contribution >= 4 is 17.5 Å². The molecule has 114 valence electrons. The third kappa shape index (κ3) is 4.74. The van der Waals surface area contributed by atoms with Crippen LogP contribution in [0.1, 0.15) is 29.8 Å². The van der Waals surface area contributed by atoms with Crippen molar-refractivity contribution < 1.29 is 9.53 Å². The van der Waals surface area contributed by atoms with E-state index in [1.165, 1.54) is 5.56 Å². The molecule has 0 aliphatic heterocycles. The second-order valence-corrected chi connectivity index (χ2v) is 4.81. The summed E-state index contributed by atoms with van der Waals surface area (Å²) in [6.07, 6.45) is 0. The number of carbonyl (C=O) groups excluding carboxylic acids is 1. The van der Waals surface area contributed by atoms with Crippen LogP contribution < -0.4 is 5.32 Å². The molecule has 0 saturated carbocycles. The maximum atomic E-state index is 11.6. The Morgan fingerprint density at radius 3 is 2.41 bits per heavy atom. The molecular formula is C18H20N2O2. The number of nitrogens with zero attached hydrogens (tertiary/aromatic N) is 1. The van der Waals surface area contributed by atoms with Gasteiger partial charge >= 0.3 is 5.97 Å². The van der Waals surface area contributed by atoms with Gasteiger partial charge in [0.15, 0.2) is 0 Å². The number of hydrogen-bond acceptors (Lipinski definition) is 3. The fourth-order valence-electron chi connectivity index (χ4n) is 1.95. The largest absolute Gasteiger partial charge is 0.462 e. The van der Waals surface area contributed by atoms with Gasteiger partial charge in [-0.25, -0.2) is 4.79 Å². The van der Waals surface area contributed by atoms with E-state index in [1.807, 2.05) is 49.4 Å². The number of ether oxygens (including phenoxy) is 1. The fourth-order valence-corrected chi connectivity index (χ4v) is 1.95. The molecule has 0 aliphatic rings. The van der Waals surface area contributed by atoms with Crippen molar-refractivity contribution in [1.82, 2.24) is 0 Å². The second kappa shape index (κ2) is 7.98. The first kappa shape index (κ1) is 15.8. The van der Waals surface area contributed by atoms with Crippen LogP contribution in [0.15, 0.2) is 59.6 Å². The van der Waals surface area contributed by atoms with Crippen molar-refractivity contribution in [2.75, 3.05) is 11.9 Å². The van der Waals surface area contributed by atoms with Gasteiger partial charge in [-0.2, -0.15) is 0 Å². The van der Waals surface area contributed by atoms with Gasteiger partial charge in [0.05, 0.1) is 24.6 Å². The molecule has 0 unspecified atom stereocenters. The summed E-state index contributed by atoms with van der Waals surface area (Å²) >= 11 is 0. The van der Waals surface area contributed by atoms with Crippen molar-refractivity contribution in [2.24, 2.45) is 4.99 Å². The normalized spacial score (nSPS) is 11.1. The van der Waals surface area contributed by atoms with Gasteiger partial charge in [0, 0.05) is 5.69 Å². The molecule has 0 heterocycles. The smallest absolute Gasteiger partial charge is 0.338 e. The van der Waals surface area contributed by atoms with Gasteiger partial charge in [-0.15, -0.1) is 0 Å². The predicted octanol–water partition coefficient (Wildman–Crippen LogP) is 3.89. The number of rotatable bonds is 5. The molecule has 0 aliphatic carbocycles. The van der Waals surface area contributed by atoms with Gasteiger partial charge in [-0.05, 0) is 43.7 Å². The molecule has 4 heteroatoms. The summed E-state index contributed by atoms with van der Waals surface area (Å²) in [6, 6.07) is 17.2. The number of esters is 1. The number of aliphatic imine (C=N–C) groups is 1. The van der Waals surface area contributed by atoms with Crippen molar-refractivity contribution in [3.63, 3.8) is 0 Å².